The SMILES string of the molecule is CCCn1ncnc1CC(NC)c1cc(C)nn1C. The quantitative estimate of drug-likeness (QED) is 0.850. The Hall–Kier alpha value is -1.69. The second kappa shape index (κ2) is 5.97. The lowest BCUT2D eigenvalue weighted by molar-refractivity contribution is 0.493. The third-order valence-corrected chi connectivity index (χ3v) is 3.26. The van der Waals surface area contributed by atoms with Crippen molar-refractivity contribution in [3.05, 3.63) is 29.6 Å². The maximum absolute atomic E-state index is 4.40. The van der Waals surface area contributed by atoms with E-state index in [2.05, 4.69) is 33.5 Å². The van der Waals surface area contributed by atoms with Crippen LogP contribution in [0.2, 0.25) is 0 Å². The predicted molar refractivity (Wildman–Crippen MR) is 73.8 cm³/mol. The number of nitrogens with one attached hydrogen (secondary N) is 1. The van der Waals surface area contributed by atoms with Crippen LogP contribution in [0.25, 0.3) is 0 Å². The summed E-state index contributed by atoms with van der Waals surface area (Å²) < 4.78 is 3.91. The fourth-order valence-corrected chi connectivity index (χ4v) is 2.34. The molecule has 0 fully saturated rings. The van der Waals surface area contributed by atoms with Gasteiger partial charge in [-0.1, -0.05) is 6.92 Å². The maximum atomic E-state index is 4.40. The summed E-state index contributed by atoms with van der Waals surface area (Å²) in [5, 5.41) is 12.0. The van der Waals surface area contributed by atoms with Crippen molar-refractivity contribution in [3.8, 4) is 0 Å². The number of likely N-dealkylation sites (N-methyl/N-ethyl adjacent to an activating group) is 1. The van der Waals surface area contributed by atoms with Crippen LogP contribution in [0.3, 0.4) is 0 Å². The zero-order valence-corrected chi connectivity index (χ0v) is 12.1. The number of hydrogen-bond donors (Lipinski definition) is 1. The average Bonchev–Trinajstić information content (AvgIpc) is 2.94. The lowest BCUT2D eigenvalue weighted by Gasteiger charge is -2.16. The Morgan fingerprint density at radius 1 is 1.42 bits per heavy atom. The predicted octanol–water partition coefficient (Wildman–Crippen LogP) is 1.23. The molecule has 0 saturated carbocycles. The second-order valence-corrected chi connectivity index (χ2v) is 4.78. The Kier molecular flexibility index (Phi) is 4.31. The van der Waals surface area contributed by atoms with Gasteiger partial charge >= 0.3 is 0 Å². The van der Waals surface area contributed by atoms with Crippen LogP contribution in [0, 0.1) is 6.92 Å². The smallest absolute Gasteiger partial charge is 0.138 e. The van der Waals surface area contributed by atoms with E-state index < -0.39 is 0 Å². The third-order valence-electron chi connectivity index (χ3n) is 3.26. The summed E-state index contributed by atoms with van der Waals surface area (Å²) in [7, 11) is 3.94. The van der Waals surface area contributed by atoms with Gasteiger partial charge in [0.05, 0.1) is 17.4 Å². The average molecular weight is 262 g/mol. The van der Waals surface area contributed by atoms with Gasteiger partial charge in [0.2, 0.25) is 0 Å². The molecule has 0 spiro atoms. The largest absolute Gasteiger partial charge is 0.311 e. The van der Waals surface area contributed by atoms with Gasteiger partial charge in [0.25, 0.3) is 0 Å². The lowest BCUT2D eigenvalue weighted by Crippen LogP contribution is -2.23. The molecule has 0 aliphatic rings. The van der Waals surface area contributed by atoms with E-state index in [0.717, 1.165) is 30.9 Å². The van der Waals surface area contributed by atoms with Crippen LogP contribution >= 0.6 is 0 Å². The highest BCUT2D eigenvalue weighted by atomic mass is 15.3. The van der Waals surface area contributed by atoms with Crippen LogP contribution in [0.15, 0.2) is 12.4 Å². The highest BCUT2D eigenvalue weighted by molar-refractivity contribution is 5.14. The first-order valence-electron chi connectivity index (χ1n) is 6.70. The summed E-state index contributed by atoms with van der Waals surface area (Å²) in [4.78, 5) is 4.37. The van der Waals surface area contributed by atoms with Crippen molar-refractivity contribution < 1.29 is 0 Å². The molecule has 2 heterocycles. The van der Waals surface area contributed by atoms with Gasteiger partial charge in [-0.2, -0.15) is 10.2 Å². The van der Waals surface area contributed by atoms with Gasteiger partial charge < -0.3 is 5.32 Å². The van der Waals surface area contributed by atoms with E-state index >= 15 is 0 Å². The summed E-state index contributed by atoms with van der Waals surface area (Å²) in [6.45, 7) is 5.07. The summed E-state index contributed by atoms with van der Waals surface area (Å²) in [6.07, 6.45) is 3.51. The van der Waals surface area contributed by atoms with Gasteiger partial charge in [0, 0.05) is 20.0 Å². The molecule has 19 heavy (non-hydrogen) atoms. The minimum absolute atomic E-state index is 0.200. The number of rotatable bonds is 6. The van der Waals surface area contributed by atoms with Crippen molar-refractivity contribution in [1.29, 1.82) is 0 Å². The number of hydrogen-bond acceptors (Lipinski definition) is 4. The van der Waals surface area contributed by atoms with Crippen molar-refractivity contribution in [2.75, 3.05) is 7.05 Å². The molecule has 1 unspecified atom stereocenters. The number of aryl methyl sites for hydroxylation is 3. The molecule has 1 atom stereocenters. The lowest BCUT2D eigenvalue weighted by atomic mass is 10.1. The molecule has 1 N–H and O–H groups in total. The van der Waals surface area contributed by atoms with E-state index in [0.29, 0.717) is 0 Å². The Labute approximate surface area is 113 Å². The van der Waals surface area contributed by atoms with Crippen molar-refractivity contribution >= 4 is 0 Å². The second-order valence-electron chi connectivity index (χ2n) is 4.78. The highest BCUT2D eigenvalue weighted by Gasteiger charge is 2.17. The zero-order chi connectivity index (χ0) is 13.8. The summed E-state index contributed by atoms with van der Waals surface area (Å²) in [5.41, 5.74) is 2.21. The Balaban J connectivity index is 2.19. The van der Waals surface area contributed by atoms with Gasteiger partial charge in [-0.05, 0) is 26.5 Å². The topological polar surface area (TPSA) is 60.6 Å². The molecule has 0 bridgehead atoms. The molecule has 0 amide bonds. The van der Waals surface area contributed by atoms with Gasteiger partial charge in [-0.15, -0.1) is 0 Å². The summed E-state index contributed by atoms with van der Waals surface area (Å²) >= 11 is 0. The van der Waals surface area contributed by atoms with Crippen molar-refractivity contribution in [1.82, 2.24) is 29.9 Å². The highest BCUT2D eigenvalue weighted by Crippen LogP contribution is 2.17. The van der Waals surface area contributed by atoms with Crippen molar-refractivity contribution in [2.24, 2.45) is 7.05 Å². The number of nitrogens with zero attached hydrogens (tertiary/aromatic N) is 5. The Bertz CT molecular complexity index is 527. The molecule has 6 heteroatoms. The molecule has 0 aliphatic carbocycles. The fraction of sp³-hybridized carbons (Fsp3) is 0.615. The third kappa shape index (κ3) is 3.01. The van der Waals surface area contributed by atoms with Gasteiger partial charge in [-0.25, -0.2) is 4.98 Å². The Morgan fingerprint density at radius 3 is 2.79 bits per heavy atom. The molecular weight excluding hydrogens is 240 g/mol. The molecule has 2 rings (SSSR count). The minimum atomic E-state index is 0.200. The van der Waals surface area contributed by atoms with E-state index in [4.69, 9.17) is 0 Å². The molecule has 0 saturated heterocycles. The van der Waals surface area contributed by atoms with Crippen LogP contribution < -0.4 is 5.32 Å². The first-order valence-corrected chi connectivity index (χ1v) is 6.70. The van der Waals surface area contributed by atoms with E-state index in [1.807, 2.05) is 30.4 Å². The summed E-state index contributed by atoms with van der Waals surface area (Å²) in [6, 6.07) is 2.31. The fourth-order valence-electron chi connectivity index (χ4n) is 2.34. The van der Waals surface area contributed by atoms with Gasteiger partial charge in [0.15, 0.2) is 0 Å². The molecule has 2 aromatic rings. The van der Waals surface area contributed by atoms with Crippen LogP contribution in [0.4, 0.5) is 0 Å². The van der Waals surface area contributed by atoms with Crippen LogP contribution in [0.5, 0.6) is 0 Å². The van der Waals surface area contributed by atoms with Crippen molar-refractivity contribution in [2.45, 2.75) is 39.3 Å². The first kappa shape index (κ1) is 13.7. The van der Waals surface area contributed by atoms with E-state index in [1.165, 1.54) is 5.69 Å². The number of aromatic nitrogens is 5. The van der Waals surface area contributed by atoms with Crippen LogP contribution in [-0.4, -0.2) is 31.6 Å². The Morgan fingerprint density at radius 2 is 2.21 bits per heavy atom. The van der Waals surface area contributed by atoms with Crippen LogP contribution in [0.1, 0.15) is 36.6 Å². The normalized spacial score (nSPS) is 12.8. The summed E-state index contributed by atoms with van der Waals surface area (Å²) in [5.74, 6) is 1.01. The molecule has 6 nitrogen and oxygen atoms in total. The van der Waals surface area contributed by atoms with E-state index in [9.17, 15) is 0 Å². The van der Waals surface area contributed by atoms with Gasteiger partial charge in [0.1, 0.15) is 12.2 Å². The monoisotopic (exact) mass is 262 g/mol. The zero-order valence-electron chi connectivity index (χ0n) is 12.1. The molecule has 104 valence electrons. The van der Waals surface area contributed by atoms with E-state index in [1.54, 1.807) is 6.33 Å². The first-order chi connectivity index (χ1) is 9.15. The molecule has 0 aliphatic heterocycles. The minimum Gasteiger partial charge on any atom is -0.311 e. The van der Waals surface area contributed by atoms with E-state index in [-0.39, 0.29) is 6.04 Å². The molecular formula is C13H22N6. The van der Waals surface area contributed by atoms with Crippen LogP contribution in [-0.2, 0) is 20.0 Å². The molecule has 2 aromatic heterocycles. The molecule has 0 aromatic carbocycles. The standard InChI is InChI=1S/C13H22N6/c1-5-6-19-13(15-9-16-19)8-11(14-3)12-7-10(2)17-18(12)4/h7,9,11,14H,5-6,8H2,1-4H3. The van der Waals surface area contributed by atoms with Crippen molar-refractivity contribution in [3.63, 3.8) is 0 Å². The van der Waals surface area contributed by atoms with Gasteiger partial charge in [-0.3, -0.25) is 9.36 Å². The molecule has 0 radical (unpaired) electrons. The maximum Gasteiger partial charge on any atom is 0.138 e.